The van der Waals surface area contributed by atoms with Crippen LogP contribution in [0.1, 0.15) is 32.1 Å². The molecule has 1 rings (SSSR count). The highest BCUT2D eigenvalue weighted by molar-refractivity contribution is 5.76. The van der Waals surface area contributed by atoms with Crippen molar-refractivity contribution in [2.45, 2.75) is 38.1 Å². The van der Waals surface area contributed by atoms with Crippen LogP contribution in [0.15, 0.2) is 0 Å². The monoisotopic (exact) mass is 223 g/mol. The van der Waals surface area contributed by atoms with Crippen LogP contribution in [-0.2, 0) is 4.79 Å². The molecule has 1 fully saturated rings. The summed E-state index contributed by atoms with van der Waals surface area (Å²) in [6.07, 6.45) is 4.85. The maximum Gasteiger partial charge on any atom is 0.223 e. The molecule has 1 amide bonds. The summed E-state index contributed by atoms with van der Waals surface area (Å²) in [5, 5.41) is 8.43. The first-order valence-corrected chi connectivity index (χ1v) is 5.96. The molecule has 1 aliphatic rings. The number of amides is 1. The standard InChI is InChI=1S/C12H21N3O/c1-14(11-5-3-6-11)10-7-12(16)15(2)9-4-8-13/h11H,3-7,9-10H2,1-2H3. The summed E-state index contributed by atoms with van der Waals surface area (Å²) in [7, 11) is 3.86. The first-order valence-electron chi connectivity index (χ1n) is 5.96. The van der Waals surface area contributed by atoms with Crippen LogP contribution in [0.5, 0.6) is 0 Å². The van der Waals surface area contributed by atoms with Crippen molar-refractivity contribution in [1.29, 1.82) is 5.26 Å². The summed E-state index contributed by atoms with van der Waals surface area (Å²) in [4.78, 5) is 15.6. The molecule has 90 valence electrons. The lowest BCUT2D eigenvalue weighted by atomic mass is 9.92. The lowest BCUT2D eigenvalue weighted by molar-refractivity contribution is -0.130. The van der Waals surface area contributed by atoms with Gasteiger partial charge in [-0.1, -0.05) is 6.42 Å². The smallest absolute Gasteiger partial charge is 0.223 e. The average molecular weight is 223 g/mol. The number of nitrogens with zero attached hydrogens (tertiary/aromatic N) is 3. The van der Waals surface area contributed by atoms with Crippen molar-refractivity contribution >= 4 is 5.91 Å². The molecule has 4 heteroatoms. The Morgan fingerprint density at radius 3 is 2.56 bits per heavy atom. The fourth-order valence-corrected chi connectivity index (χ4v) is 1.82. The van der Waals surface area contributed by atoms with Crippen LogP contribution < -0.4 is 0 Å². The highest BCUT2D eigenvalue weighted by Crippen LogP contribution is 2.23. The molecule has 0 aromatic rings. The van der Waals surface area contributed by atoms with Gasteiger partial charge in [0.2, 0.25) is 5.91 Å². The van der Waals surface area contributed by atoms with Crippen molar-refractivity contribution in [3.8, 4) is 6.07 Å². The van der Waals surface area contributed by atoms with E-state index in [-0.39, 0.29) is 5.91 Å². The Hall–Kier alpha value is -1.08. The summed E-state index contributed by atoms with van der Waals surface area (Å²) >= 11 is 0. The Balaban J connectivity index is 2.15. The van der Waals surface area contributed by atoms with Crippen LogP contribution in [-0.4, -0.2) is 48.9 Å². The molecule has 0 aliphatic heterocycles. The van der Waals surface area contributed by atoms with Gasteiger partial charge in [0.1, 0.15) is 0 Å². The SMILES string of the molecule is CN(CCC#N)C(=O)CCN(C)C1CCC1. The molecule has 0 heterocycles. The molecule has 1 aliphatic carbocycles. The number of nitriles is 1. The van der Waals surface area contributed by atoms with Gasteiger partial charge in [-0.2, -0.15) is 5.26 Å². The van der Waals surface area contributed by atoms with Gasteiger partial charge >= 0.3 is 0 Å². The highest BCUT2D eigenvalue weighted by atomic mass is 16.2. The van der Waals surface area contributed by atoms with E-state index in [4.69, 9.17) is 5.26 Å². The summed E-state index contributed by atoms with van der Waals surface area (Å²) in [6, 6.07) is 2.74. The first kappa shape index (κ1) is 13.0. The van der Waals surface area contributed by atoms with Gasteiger partial charge in [-0.15, -0.1) is 0 Å². The van der Waals surface area contributed by atoms with Crippen LogP contribution in [0.2, 0.25) is 0 Å². The molecule has 0 spiro atoms. The second kappa shape index (κ2) is 6.49. The number of hydrogen-bond acceptors (Lipinski definition) is 3. The van der Waals surface area contributed by atoms with E-state index in [0.29, 0.717) is 25.4 Å². The van der Waals surface area contributed by atoms with Gasteiger partial charge in [0.15, 0.2) is 0 Å². The van der Waals surface area contributed by atoms with Gasteiger partial charge in [-0.05, 0) is 19.9 Å². The predicted molar refractivity (Wildman–Crippen MR) is 62.8 cm³/mol. The minimum absolute atomic E-state index is 0.140. The number of rotatable bonds is 6. The zero-order valence-electron chi connectivity index (χ0n) is 10.3. The molecule has 0 aromatic heterocycles. The number of carbonyl (C=O) groups excluding carboxylic acids is 1. The lowest BCUT2D eigenvalue weighted by Gasteiger charge is -2.34. The average Bonchev–Trinajstić information content (AvgIpc) is 2.19. The van der Waals surface area contributed by atoms with Crippen LogP contribution >= 0.6 is 0 Å². The molecular weight excluding hydrogens is 202 g/mol. The molecule has 4 nitrogen and oxygen atoms in total. The summed E-state index contributed by atoms with van der Waals surface area (Å²) < 4.78 is 0. The molecule has 0 bridgehead atoms. The topological polar surface area (TPSA) is 47.3 Å². The molecule has 1 saturated carbocycles. The van der Waals surface area contributed by atoms with Gasteiger partial charge in [0, 0.05) is 32.6 Å². The Morgan fingerprint density at radius 1 is 1.38 bits per heavy atom. The fourth-order valence-electron chi connectivity index (χ4n) is 1.82. The van der Waals surface area contributed by atoms with Gasteiger partial charge in [-0.25, -0.2) is 0 Å². The normalized spacial score (nSPS) is 15.6. The zero-order chi connectivity index (χ0) is 12.0. The van der Waals surface area contributed by atoms with E-state index in [1.165, 1.54) is 19.3 Å². The number of carbonyl (C=O) groups is 1. The Bertz CT molecular complexity index is 268. The molecular formula is C12H21N3O. The van der Waals surface area contributed by atoms with Gasteiger partial charge in [-0.3, -0.25) is 4.79 Å². The zero-order valence-corrected chi connectivity index (χ0v) is 10.3. The van der Waals surface area contributed by atoms with Crippen molar-refractivity contribution < 1.29 is 4.79 Å². The summed E-state index contributed by atoms with van der Waals surface area (Å²) in [6.45, 7) is 1.38. The van der Waals surface area contributed by atoms with E-state index in [1.807, 2.05) is 0 Å². The predicted octanol–water partition coefficient (Wildman–Crippen LogP) is 1.23. The van der Waals surface area contributed by atoms with Crippen molar-refractivity contribution in [3.63, 3.8) is 0 Å². The van der Waals surface area contributed by atoms with Gasteiger partial charge < -0.3 is 9.80 Å². The summed E-state index contributed by atoms with van der Waals surface area (Å²) in [5.41, 5.74) is 0. The maximum absolute atomic E-state index is 11.7. The highest BCUT2D eigenvalue weighted by Gasteiger charge is 2.22. The van der Waals surface area contributed by atoms with Crippen molar-refractivity contribution in [1.82, 2.24) is 9.80 Å². The quantitative estimate of drug-likeness (QED) is 0.680. The third-order valence-electron chi connectivity index (χ3n) is 3.36. The maximum atomic E-state index is 11.7. The Morgan fingerprint density at radius 2 is 2.06 bits per heavy atom. The lowest BCUT2D eigenvalue weighted by Crippen LogP contribution is -2.39. The van der Waals surface area contributed by atoms with Crippen molar-refractivity contribution in [2.75, 3.05) is 27.2 Å². The van der Waals surface area contributed by atoms with Gasteiger partial charge in [0.25, 0.3) is 0 Å². The number of hydrogen-bond donors (Lipinski definition) is 0. The van der Waals surface area contributed by atoms with Crippen LogP contribution in [0.4, 0.5) is 0 Å². The molecule has 0 unspecified atom stereocenters. The molecule has 16 heavy (non-hydrogen) atoms. The van der Waals surface area contributed by atoms with Crippen LogP contribution in [0.3, 0.4) is 0 Å². The van der Waals surface area contributed by atoms with Crippen molar-refractivity contribution in [2.24, 2.45) is 0 Å². The fraction of sp³-hybridized carbons (Fsp3) is 0.833. The first-order chi connectivity index (χ1) is 7.65. The van der Waals surface area contributed by atoms with Crippen LogP contribution in [0.25, 0.3) is 0 Å². The minimum atomic E-state index is 0.140. The molecule has 0 saturated heterocycles. The summed E-state index contributed by atoms with van der Waals surface area (Å²) in [5.74, 6) is 0.140. The molecule has 0 N–H and O–H groups in total. The minimum Gasteiger partial charge on any atom is -0.345 e. The van der Waals surface area contributed by atoms with E-state index in [2.05, 4.69) is 18.0 Å². The van der Waals surface area contributed by atoms with E-state index in [0.717, 1.165) is 6.54 Å². The van der Waals surface area contributed by atoms with Gasteiger partial charge in [0.05, 0.1) is 12.5 Å². The second-order valence-corrected chi connectivity index (χ2v) is 4.54. The van der Waals surface area contributed by atoms with Crippen LogP contribution in [0, 0.1) is 11.3 Å². The molecule has 0 radical (unpaired) electrons. The third-order valence-corrected chi connectivity index (χ3v) is 3.36. The van der Waals surface area contributed by atoms with E-state index in [1.54, 1.807) is 11.9 Å². The van der Waals surface area contributed by atoms with Crippen molar-refractivity contribution in [3.05, 3.63) is 0 Å². The Kier molecular flexibility index (Phi) is 5.27. The van der Waals surface area contributed by atoms with E-state index < -0.39 is 0 Å². The second-order valence-electron chi connectivity index (χ2n) is 4.54. The molecule has 0 atom stereocenters. The largest absolute Gasteiger partial charge is 0.345 e. The third kappa shape index (κ3) is 3.82. The van der Waals surface area contributed by atoms with E-state index >= 15 is 0 Å². The van der Waals surface area contributed by atoms with E-state index in [9.17, 15) is 4.79 Å². The Labute approximate surface area is 97.8 Å². The molecule has 0 aromatic carbocycles.